The van der Waals surface area contributed by atoms with Gasteiger partial charge in [0.15, 0.2) is 0 Å². The summed E-state index contributed by atoms with van der Waals surface area (Å²) in [6.45, 7) is 4.59. The van der Waals surface area contributed by atoms with E-state index < -0.39 is 0 Å². The maximum absolute atomic E-state index is 12.4. The highest BCUT2D eigenvalue weighted by atomic mass is 127. The van der Waals surface area contributed by atoms with Crippen LogP contribution < -0.4 is 5.32 Å². The molecular weight excluding hydrogens is 395 g/mol. The van der Waals surface area contributed by atoms with E-state index in [2.05, 4.69) is 50.8 Å². The molecule has 3 nitrogen and oxygen atoms in total. The smallest absolute Gasteiger partial charge is 0.255 e. The fourth-order valence-electron chi connectivity index (χ4n) is 1.96. The Balaban J connectivity index is 2.26. The molecule has 92 valence electrons. The van der Waals surface area contributed by atoms with Crippen LogP contribution in [0.4, 0.5) is 0 Å². The lowest BCUT2D eigenvalue weighted by Crippen LogP contribution is -2.52. The molecule has 1 atom stereocenters. The quantitative estimate of drug-likeness (QED) is 0.724. The molecule has 1 aliphatic heterocycles. The summed E-state index contributed by atoms with van der Waals surface area (Å²) in [6, 6.07) is 6.10. The van der Waals surface area contributed by atoms with E-state index in [0.29, 0.717) is 0 Å². The number of halogens is 2. The van der Waals surface area contributed by atoms with Gasteiger partial charge >= 0.3 is 0 Å². The van der Waals surface area contributed by atoms with E-state index in [1.807, 2.05) is 23.1 Å². The Kier molecular flexibility index (Phi) is 4.43. The predicted octanol–water partition coefficient (Wildman–Crippen LogP) is 2.49. The molecule has 0 aromatic heterocycles. The number of amides is 1. The molecule has 2 rings (SSSR count). The lowest BCUT2D eigenvalue weighted by Gasteiger charge is -2.34. The van der Waals surface area contributed by atoms with E-state index in [4.69, 9.17) is 0 Å². The van der Waals surface area contributed by atoms with Crippen molar-refractivity contribution in [2.45, 2.75) is 13.0 Å². The summed E-state index contributed by atoms with van der Waals surface area (Å²) in [5.74, 6) is 0.115. The number of benzene rings is 1. The van der Waals surface area contributed by atoms with Gasteiger partial charge in [0.1, 0.15) is 0 Å². The Labute approximate surface area is 123 Å². The summed E-state index contributed by atoms with van der Waals surface area (Å²) < 4.78 is 1.95. The van der Waals surface area contributed by atoms with Crippen LogP contribution in [-0.4, -0.2) is 36.5 Å². The van der Waals surface area contributed by atoms with Gasteiger partial charge < -0.3 is 10.2 Å². The highest BCUT2D eigenvalue weighted by Crippen LogP contribution is 2.22. The van der Waals surface area contributed by atoms with E-state index >= 15 is 0 Å². The van der Waals surface area contributed by atoms with E-state index in [1.54, 1.807) is 0 Å². The van der Waals surface area contributed by atoms with Gasteiger partial charge in [-0.1, -0.05) is 0 Å². The maximum Gasteiger partial charge on any atom is 0.255 e. The third-order valence-electron chi connectivity index (χ3n) is 2.92. The summed E-state index contributed by atoms with van der Waals surface area (Å²) in [5, 5.41) is 3.29. The molecule has 0 aliphatic carbocycles. The zero-order chi connectivity index (χ0) is 12.4. The highest BCUT2D eigenvalue weighted by Gasteiger charge is 2.25. The molecule has 1 amide bonds. The minimum absolute atomic E-state index is 0.115. The normalized spacial score (nSPS) is 20.4. The van der Waals surface area contributed by atoms with Crippen molar-refractivity contribution in [2.75, 3.05) is 19.6 Å². The van der Waals surface area contributed by atoms with E-state index in [9.17, 15) is 4.79 Å². The van der Waals surface area contributed by atoms with Crippen molar-refractivity contribution in [1.82, 2.24) is 10.2 Å². The van der Waals surface area contributed by atoms with E-state index in [1.165, 1.54) is 0 Å². The summed E-state index contributed by atoms with van der Waals surface area (Å²) in [4.78, 5) is 14.4. The number of carbonyl (C=O) groups excluding carboxylic acids is 1. The molecule has 0 spiro atoms. The second kappa shape index (κ2) is 5.67. The van der Waals surface area contributed by atoms with Gasteiger partial charge in [0.25, 0.3) is 5.91 Å². The molecule has 5 heteroatoms. The number of hydrogen-bond donors (Lipinski definition) is 1. The SMILES string of the molecule is C[C@H]1CNCCN1C(=O)c1cc(I)ccc1Br. The number of carbonyl (C=O) groups is 1. The molecule has 0 radical (unpaired) electrons. The predicted molar refractivity (Wildman–Crippen MR) is 80.2 cm³/mol. The van der Waals surface area contributed by atoms with Crippen LogP contribution in [0.15, 0.2) is 22.7 Å². The van der Waals surface area contributed by atoms with Crippen molar-refractivity contribution in [3.8, 4) is 0 Å². The monoisotopic (exact) mass is 408 g/mol. The van der Waals surface area contributed by atoms with Crippen molar-refractivity contribution >= 4 is 44.4 Å². The largest absolute Gasteiger partial charge is 0.333 e. The highest BCUT2D eigenvalue weighted by molar-refractivity contribution is 14.1. The molecule has 0 unspecified atom stereocenters. The maximum atomic E-state index is 12.4. The molecular formula is C12H14BrIN2O. The molecule has 0 saturated carbocycles. The first-order valence-corrected chi connectivity index (χ1v) is 7.43. The zero-order valence-electron chi connectivity index (χ0n) is 9.54. The molecule has 1 fully saturated rings. The summed E-state index contributed by atoms with van der Waals surface area (Å²) in [5.41, 5.74) is 0.755. The van der Waals surface area contributed by atoms with Gasteiger partial charge in [0.05, 0.1) is 5.56 Å². The van der Waals surface area contributed by atoms with Gasteiger partial charge in [-0.25, -0.2) is 0 Å². The first-order valence-electron chi connectivity index (χ1n) is 5.56. The number of rotatable bonds is 1. The van der Waals surface area contributed by atoms with Crippen LogP contribution in [0.1, 0.15) is 17.3 Å². The molecule has 1 heterocycles. The fourth-order valence-corrected chi connectivity index (χ4v) is 2.87. The van der Waals surface area contributed by atoms with Gasteiger partial charge in [-0.2, -0.15) is 0 Å². The number of nitrogens with one attached hydrogen (secondary N) is 1. The second-order valence-electron chi connectivity index (χ2n) is 4.18. The van der Waals surface area contributed by atoms with Crippen LogP contribution in [-0.2, 0) is 0 Å². The summed E-state index contributed by atoms with van der Waals surface area (Å²) >= 11 is 5.68. The lowest BCUT2D eigenvalue weighted by molar-refractivity contribution is 0.0654. The van der Waals surface area contributed by atoms with Gasteiger partial charge in [-0.15, -0.1) is 0 Å². The van der Waals surface area contributed by atoms with Crippen LogP contribution in [0.2, 0.25) is 0 Å². The van der Waals surface area contributed by atoms with Gasteiger partial charge in [0.2, 0.25) is 0 Å². The third-order valence-corrected chi connectivity index (χ3v) is 4.28. The van der Waals surface area contributed by atoms with Crippen molar-refractivity contribution < 1.29 is 4.79 Å². The van der Waals surface area contributed by atoms with Crippen LogP contribution in [0.5, 0.6) is 0 Å². The molecule has 1 aromatic rings. The van der Waals surface area contributed by atoms with Crippen LogP contribution in [0, 0.1) is 3.57 Å². The molecule has 1 N–H and O–H groups in total. The lowest BCUT2D eigenvalue weighted by atomic mass is 10.1. The van der Waals surface area contributed by atoms with Crippen LogP contribution >= 0.6 is 38.5 Å². The van der Waals surface area contributed by atoms with E-state index in [-0.39, 0.29) is 11.9 Å². The van der Waals surface area contributed by atoms with Crippen LogP contribution in [0.3, 0.4) is 0 Å². The first-order chi connectivity index (χ1) is 8.09. The van der Waals surface area contributed by atoms with Gasteiger partial charge in [-0.05, 0) is 63.6 Å². The Morgan fingerprint density at radius 1 is 1.59 bits per heavy atom. The zero-order valence-corrected chi connectivity index (χ0v) is 13.3. The summed E-state index contributed by atoms with van der Waals surface area (Å²) in [7, 11) is 0. The Morgan fingerprint density at radius 3 is 3.06 bits per heavy atom. The summed E-state index contributed by atoms with van der Waals surface area (Å²) in [6.07, 6.45) is 0. The molecule has 0 bridgehead atoms. The fraction of sp³-hybridized carbons (Fsp3) is 0.417. The molecule has 1 aliphatic rings. The second-order valence-corrected chi connectivity index (χ2v) is 6.28. The molecule has 1 aromatic carbocycles. The Hall–Kier alpha value is -0.140. The number of piperazine rings is 1. The van der Waals surface area contributed by atoms with Gasteiger partial charge in [0, 0.05) is 33.7 Å². The Morgan fingerprint density at radius 2 is 2.35 bits per heavy atom. The standard InChI is InChI=1S/C12H14BrIN2O/c1-8-7-15-4-5-16(8)12(17)10-6-9(14)2-3-11(10)13/h2-3,6,8,15H,4-5,7H2,1H3/t8-/m0/s1. The van der Waals surface area contributed by atoms with Crippen molar-refractivity contribution in [2.24, 2.45) is 0 Å². The topological polar surface area (TPSA) is 32.3 Å². The van der Waals surface area contributed by atoms with Gasteiger partial charge in [-0.3, -0.25) is 4.79 Å². The van der Waals surface area contributed by atoms with E-state index in [0.717, 1.165) is 33.2 Å². The first kappa shape index (κ1) is 13.3. The van der Waals surface area contributed by atoms with Crippen molar-refractivity contribution in [3.63, 3.8) is 0 Å². The number of hydrogen-bond acceptors (Lipinski definition) is 2. The minimum atomic E-state index is 0.115. The average Bonchev–Trinajstić information content (AvgIpc) is 2.32. The van der Waals surface area contributed by atoms with Crippen molar-refractivity contribution in [3.05, 3.63) is 31.8 Å². The number of nitrogens with zero attached hydrogens (tertiary/aromatic N) is 1. The minimum Gasteiger partial charge on any atom is -0.333 e. The molecule has 1 saturated heterocycles. The third kappa shape index (κ3) is 3.00. The average molecular weight is 409 g/mol. The van der Waals surface area contributed by atoms with Crippen molar-refractivity contribution in [1.29, 1.82) is 0 Å². The Bertz CT molecular complexity index is 439. The molecule has 17 heavy (non-hydrogen) atoms. The van der Waals surface area contributed by atoms with Crippen LogP contribution in [0.25, 0.3) is 0 Å².